The molecule has 0 bridgehead atoms. The predicted molar refractivity (Wildman–Crippen MR) is 85.1 cm³/mol. The normalized spacial score (nSPS) is 29.9. The summed E-state index contributed by atoms with van der Waals surface area (Å²) in [6.07, 6.45) is 6.66. The number of nitrogens with one attached hydrogen (secondary N) is 1. The van der Waals surface area contributed by atoms with Gasteiger partial charge < -0.3 is 10.1 Å². The summed E-state index contributed by atoms with van der Waals surface area (Å²) in [6, 6.07) is 1.41. The predicted octanol–water partition coefficient (Wildman–Crippen LogP) is 2.90. The van der Waals surface area contributed by atoms with Crippen LogP contribution in [0.25, 0.3) is 0 Å². The molecule has 1 N–H and O–H groups in total. The lowest BCUT2D eigenvalue weighted by atomic mass is 9.93. The van der Waals surface area contributed by atoms with E-state index in [2.05, 4.69) is 31.0 Å². The lowest BCUT2D eigenvalue weighted by molar-refractivity contribution is 0.0645. The first-order chi connectivity index (χ1) is 9.60. The number of nitrogens with zero attached hydrogens (tertiary/aromatic N) is 1. The Morgan fingerprint density at radius 3 is 2.65 bits per heavy atom. The van der Waals surface area contributed by atoms with Gasteiger partial charge in [0.1, 0.15) is 0 Å². The quantitative estimate of drug-likeness (QED) is 0.741. The highest BCUT2D eigenvalue weighted by molar-refractivity contribution is 4.99. The zero-order valence-electron chi connectivity index (χ0n) is 14.0. The Morgan fingerprint density at radius 1 is 1.35 bits per heavy atom. The third-order valence-electron chi connectivity index (χ3n) is 5.28. The van der Waals surface area contributed by atoms with Gasteiger partial charge in [0, 0.05) is 45.4 Å². The van der Waals surface area contributed by atoms with Crippen molar-refractivity contribution in [1.82, 2.24) is 10.2 Å². The smallest absolute Gasteiger partial charge is 0.0468 e. The van der Waals surface area contributed by atoms with Gasteiger partial charge in [0.2, 0.25) is 0 Å². The van der Waals surface area contributed by atoms with Crippen molar-refractivity contribution in [2.45, 2.75) is 65.0 Å². The number of ether oxygens (including phenoxy) is 1. The molecule has 2 fully saturated rings. The maximum Gasteiger partial charge on any atom is 0.0468 e. The first-order valence-electron chi connectivity index (χ1n) is 8.56. The Hall–Kier alpha value is -0.120. The molecule has 0 amide bonds. The van der Waals surface area contributed by atoms with Crippen molar-refractivity contribution in [2.24, 2.45) is 11.3 Å². The van der Waals surface area contributed by atoms with E-state index in [1.165, 1.54) is 51.7 Å². The Kier molecular flexibility index (Phi) is 5.88. The zero-order valence-corrected chi connectivity index (χ0v) is 14.0. The third-order valence-corrected chi connectivity index (χ3v) is 5.28. The highest BCUT2D eigenvalue weighted by Gasteiger charge is 2.45. The van der Waals surface area contributed by atoms with Crippen molar-refractivity contribution in [1.29, 1.82) is 0 Å². The van der Waals surface area contributed by atoms with Crippen LogP contribution < -0.4 is 5.32 Å². The van der Waals surface area contributed by atoms with Crippen LogP contribution in [0.15, 0.2) is 0 Å². The molecule has 1 aliphatic heterocycles. The average Bonchev–Trinajstić information content (AvgIpc) is 3.17. The van der Waals surface area contributed by atoms with E-state index in [1.54, 1.807) is 0 Å². The van der Waals surface area contributed by atoms with Crippen LogP contribution >= 0.6 is 0 Å². The molecule has 1 saturated heterocycles. The molecule has 3 nitrogen and oxygen atoms in total. The molecule has 20 heavy (non-hydrogen) atoms. The van der Waals surface area contributed by atoms with Gasteiger partial charge >= 0.3 is 0 Å². The van der Waals surface area contributed by atoms with Gasteiger partial charge in [0.15, 0.2) is 0 Å². The van der Waals surface area contributed by atoms with Crippen LogP contribution in [-0.2, 0) is 4.74 Å². The third kappa shape index (κ3) is 4.19. The molecule has 3 heteroatoms. The molecule has 0 aromatic carbocycles. The monoisotopic (exact) mass is 282 g/mol. The van der Waals surface area contributed by atoms with Gasteiger partial charge in [-0.1, -0.05) is 27.2 Å². The molecule has 1 heterocycles. The SMILES string of the molecule is CCCC1CN(CC2(CCOC)CC2)C(C(C)C)CN1. The molecule has 1 aliphatic carbocycles. The highest BCUT2D eigenvalue weighted by atomic mass is 16.5. The van der Waals surface area contributed by atoms with Gasteiger partial charge in [-0.25, -0.2) is 0 Å². The van der Waals surface area contributed by atoms with E-state index in [-0.39, 0.29) is 0 Å². The molecular formula is C17H34N2O. The summed E-state index contributed by atoms with van der Waals surface area (Å²) in [7, 11) is 1.83. The average molecular weight is 282 g/mol. The van der Waals surface area contributed by atoms with E-state index < -0.39 is 0 Å². The van der Waals surface area contributed by atoms with E-state index >= 15 is 0 Å². The number of piperazine rings is 1. The Balaban J connectivity index is 1.93. The number of methoxy groups -OCH3 is 1. The molecule has 2 unspecified atom stereocenters. The van der Waals surface area contributed by atoms with Crippen molar-refractivity contribution in [3.8, 4) is 0 Å². The fourth-order valence-corrected chi connectivity index (χ4v) is 3.69. The summed E-state index contributed by atoms with van der Waals surface area (Å²) >= 11 is 0. The maximum atomic E-state index is 5.31. The van der Waals surface area contributed by atoms with E-state index in [1.807, 2.05) is 7.11 Å². The van der Waals surface area contributed by atoms with Crippen LogP contribution in [0.5, 0.6) is 0 Å². The second-order valence-corrected chi connectivity index (χ2v) is 7.38. The van der Waals surface area contributed by atoms with Gasteiger partial charge in [0.05, 0.1) is 0 Å². The molecule has 2 rings (SSSR count). The molecule has 2 atom stereocenters. The van der Waals surface area contributed by atoms with Crippen LogP contribution in [0.3, 0.4) is 0 Å². The Labute approximate surface area is 125 Å². The zero-order chi connectivity index (χ0) is 14.6. The van der Waals surface area contributed by atoms with Crippen molar-refractivity contribution in [3.63, 3.8) is 0 Å². The molecule has 0 aromatic rings. The fourth-order valence-electron chi connectivity index (χ4n) is 3.69. The molecule has 0 aromatic heterocycles. The van der Waals surface area contributed by atoms with Gasteiger partial charge in [-0.15, -0.1) is 0 Å². The van der Waals surface area contributed by atoms with Crippen LogP contribution in [0, 0.1) is 11.3 Å². The Morgan fingerprint density at radius 2 is 2.10 bits per heavy atom. The first-order valence-corrected chi connectivity index (χ1v) is 8.56. The molecule has 0 radical (unpaired) electrons. The standard InChI is InChI=1S/C17H34N2O/c1-5-6-15-12-19(16(11-18-15)14(2)3)13-17(7-8-17)9-10-20-4/h14-16,18H,5-13H2,1-4H3. The van der Waals surface area contributed by atoms with Gasteiger partial charge in [0.25, 0.3) is 0 Å². The summed E-state index contributed by atoms with van der Waals surface area (Å²) in [5.41, 5.74) is 0.581. The summed E-state index contributed by atoms with van der Waals surface area (Å²) in [5.74, 6) is 0.739. The van der Waals surface area contributed by atoms with E-state index in [4.69, 9.17) is 4.74 Å². The molecule has 118 valence electrons. The molecule has 0 spiro atoms. The minimum Gasteiger partial charge on any atom is -0.385 e. The second-order valence-electron chi connectivity index (χ2n) is 7.38. The largest absolute Gasteiger partial charge is 0.385 e. The van der Waals surface area contributed by atoms with Crippen LogP contribution in [0.4, 0.5) is 0 Å². The number of hydrogen-bond donors (Lipinski definition) is 1. The van der Waals surface area contributed by atoms with Crippen molar-refractivity contribution >= 4 is 0 Å². The topological polar surface area (TPSA) is 24.5 Å². The first kappa shape index (κ1) is 16.3. The second kappa shape index (κ2) is 7.24. The van der Waals surface area contributed by atoms with Crippen LogP contribution in [-0.4, -0.2) is 50.3 Å². The van der Waals surface area contributed by atoms with E-state index in [9.17, 15) is 0 Å². The minimum absolute atomic E-state index is 0.581. The summed E-state index contributed by atoms with van der Waals surface area (Å²) in [4.78, 5) is 2.80. The van der Waals surface area contributed by atoms with Crippen molar-refractivity contribution in [2.75, 3.05) is 33.4 Å². The van der Waals surface area contributed by atoms with E-state index in [0.29, 0.717) is 17.5 Å². The van der Waals surface area contributed by atoms with Crippen LogP contribution in [0.2, 0.25) is 0 Å². The van der Waals surface area contributed by atoms with Gasteiger partial charge in [-0.05, 0) is 37.0 Å². The summed E-state index contributed by atoms with van der Waals surface area (Å²) in [5, 5.41) is 3.76. The van der Waals surface area contributed by atoms with Gasteiger partial charge in [-0.3, -0.25) is 4.90 Å². The molecule has 1 saturated carbocycles. The molecule has 2 aliphatic rings. The Bertz CT molecular complexity index is 289. The lowest BCUT2D eigenvalue weighted by Crippen LogP contribution is -2.59. The number of hydrogen-bond acceptors (Lipinski definition) is 3. The van der Waals surface area contributed by atoms with Crippen LogP contribution in [0.1, 0.15) is 52.9 Å². The maximum absolute atomic E-state index is 5.31. The number of rotatable bonds is 8. The fraction of sp³-hybridized carbons (Fsp3) is 1.00. The molecular weight excluding hydrogens is 248 g/mol. The lowest BCUT2D eigenvalue weighted by Gasteiger charge is -2.44. The van der Waals surface area contributed by atoms with Crippen molar-refractivity contribution in [3.05, 3.63) is 0 Å². The minimum atomic E-state index is 0.581. The van der Waals surface area contributed by atoms with Crippen molar-refractivity contribution < 1.29 is 4.74 Å². The highest BCUT2D eigenvalue weighted by Crippen LogP contribution is 2.49. The summed E-state index contributed by atoms with van der Waals surface area (Å²) < 4.78 is 5.31. The summed E-state index contributed by atoms with van der Waals surface area (Å²) in [6.45, 7) is 11.7. The van der Waals surface area contributed by atoms with E-state index in [0.717, 1.165) is 12.5 Å². The van der Waals surface area contributed by atoms with Gasteiger partial charge in [-0.2, -0.15) is 0 Å².